The molecule has 0 aliphatic carbocycles. The van der Waals surface area contributed by atoms with E-state index in [9.17, 15) is 9.59 Å². The lowest BCUT2D eigenvalue weighted by Crippen LogP contribution is -2.50. The van der Waals surface area contributed by atoms with Gasteiger partial charge in [-0.25, -0.2) is 4.79 Å². The SMILES string of the molecule is CC1(C)OB(c2cc(N3CCC(=O)NC3=O)c3cnncc3c2)OC1(C)C. The first-order chi connectivity index (χ1) is 12.7. The third kappa shape index (κ3) is 2.96. The molecule has 3 amide bonds. The van der Waals surface area contributed by atoms with Crippen LogP contribution in [0.1, 0.15) is 34.1 Å². The van der Waals surface area contributed by atoms with E-state index in [1.165, 1.54) is 0 Å². The average Bonchev–Trinajstić information content (AvgIpc) is 2.82. The van der Waals surface area contributed by atoms with E-state index in [0.717, 1.165) is 16.2 Å². The minimum atomic E-state index is -0.569. The van der Waals surface area contributed by atoms with E-state index >= 15 is 0 Å². The zero-order chi connectivity index (χ0) is 19.4. The average molecular weight is 368 g/mol. The molecule has 4 rings (SSSR count). The van der Waals surface area contributed by atoms with Gasteiger partial charge in [-0.15, -0.1) is 0 Å². The summed E-state index contributed by atoms with van der Waals surface area (Å²) in [6.07, 6.45) is 3.50. The van der Waals surface area contributed by atoms with Gasteiger partial charge < -0.3 is 9.31 Å². The van der Waals surface area contributed by atoms with Gasteiger partial charge in [0.15, 0.2) is 0 Å². The molecule has 9 heteroatoms. The van der Waals surface area contributed by atoms with Crippen molar-refractivity contribution in [1.29, 1.82) is 0 Å². The molecule has 1 aromatic carbocycles. The summed E-state index contributed by atoms with van der Waals surface area (Å²) in [5, 5.41) is 11.8. The number of anilines is 1. The molecule has 2 aliphatic heterocycles. The van der Waals surface area contributed by atoms with Crippen LogP contribution in [0.15, 0.2) is 24.5 Å². The standard InChI is InChI=1S/C18H21BN4O4/c1-17(2)18(3,4)27-19(26-17)12-7-11-9-20-21-10-13(11)14(8-12)23-6-5-15(24)22-16(23)25/h7-10H,5-6H2,1-4H3,(H,22,24,25). The Hall–Kier alpha value is -2.52. The molecule has 2 aliphatic rings. The van der Waals surface area contributed by atoms with E-state index in [4.69, 9.17) is 9.31 Å². The van der Waals surface area contributed by atoms with Crippen molar-refractivity contribution >= 4 is 41.0 Å². The maximum Gasteiger partial charge on any atom is 0.494 e. The van der Waals surface area contributed by atoms with Gasteiger partial charge in [-0.1, -0.05) is 6.07 Å². The van der Waals surface area contributed by atoms with Crippen LogP contribution in [0.4, 0.5) is 10.5 Å². The van der Waals surface area contributed by atoms with Crippen molar-refractivity contribution < 1.29 is 18.9 Å². The number of nitrogens with zero attached hydrogens (tertiary/aromatic N) is 3. The number of amides is 3. The minimum Gasteiger partial charge on any atom is -0.399 e. The van der Waals surface area contributed by atoms with Gasteiger partial charge in [0.2, 0.25) is 5.91 Å². The van der Waals surface area contributed by atoms with Crippen molar-refractivity contribution in [3.63, 3.8) is 0 Å². The van der Waals surface area contributed by atoms with Gasteiger partial charge in [0.25, 0.3) is 0 Å². The Morgan fingerprint density at radius 3 is 2.41 bits per heavy atom. The summed E-state index contributed by atoms with van der Waals surface area (Å²) in [7, 11) is -0.569. The van der Waals surface area contributed by atoms with E-state index in [-0.39, 0.29) is 12.3 Å². The maximum atomic E-state index is 12.4. The summed E-state index contributed by atoms with van der Waals surface area (Å²) >= 11 is 0. The number of hydrogen-bond acceptors (Lipinski definition) is 6. The fraction of sp³-hybridized carbons (Fsp3) is 0.444. The second kappa shape index (κ2) is 6.00. The van der Waals surface area contributed by atoms with Gasteiger partial charge in [0.1, 0.15) is 0 Å². The Labute approximate surface area is 157 Å². The topological polar surface area (TPSA) is 93.7 Å². The van der Waals surface area contributed by atoms with Gasteiger partial charge in [-0.05, 0) is 39.2 Å². The first-order valence-electron chi connectivity index (χ1n) is 8.89. The lowest BCUT2D eigenvalue weighted by Gasteiger charge is -2.32. The van der Waals surface area contributed by atoms with E-state index in [1.807, 2.05) is 39.8 Å². The summed E-state index contributed by atoms with van der Waals surface area (Å²) < 4.78 is 12.3. The Morgan fingerprint density at radius 1 is 1.07 bits per heavy atom. The maximum absolute atomic E-state index is 12.4. The van der Waals surface area contributed by atoms with Crippen LogP contribution in [0.25, 0.3) is 10.8 Å². The molecular weight excluding hydrogens is 347 g/mol. The summed E-state index contributed by atoms with van der Waals surface area (Å²) in [4.78, 5) is 25.4. The summed E-state index contributed by atoms with van der Waals surface area (Å²) in [5.74, 6) is -0.275. The number of benzene rings is 1. The fourth-order valence-corrected chi connectivity index (χ4v) is 3.25. The second-order valence-electron chi connectivity index (χ2n) is 7.88. The van der Waals surface area contributed by atoms with Gasteiger partial charge >= 0.3 is 13.1 Å². The normalized spacial score (nSPS) is 21.6. The molecule has 27 heavy (non-hydrogen) atoms. The third-order valence-corrected chi connectivity index (χ3v) is 5.53. The highest BCUT2D eigenvalue weighted by Gasteiger charge is 2.52. The first kappa shape index (κ1) is 17.9. The second-order valence-corrected chi connectivity index (χ2v) is 7.88. The zero-order valence-electron chi connectivity index (χ0n) is 15.8. The number of carbonyl (C=O) groups excluding carboxylic acids is 2. The monoisotopic (exact) mass is 368 g/mol. The van der Waals surface area contributed by atoms with E-state index < -0.39 is 24.4 Å². The van der Waals surface area contributed by atoms with Crippen LogP contribution >= 0.6 is 0 Å². The predicted octanol–water partition coefficient (Wildman–Crippen LogP) is 1.38. The highest BCUT2D eigenvalue weighted by atomic mass is 16.7. The zero-order valence-corrected chi connectivity index (χ0v) is 15.8. The molecule has 140 valence electrons. The van der Waals surface area contributed by atoms with Crippen molar-refractivity contribution in [2.24, 2.45) is 0 Å². The van der Waals surface area contributed by atoms with Crippen LogP contribution in [-0.4, -0.2) is 47.0 Å². The molecule has 0 unspecified atom stereocenters. The first-order valence-corrected chi connectivity index (χ1v) is 8.89. The number of imide groups is 1. The van der Waals surface area contributed by atoms with Crippen LogP contribution in [0.2, 0.25) is 0 Å². The van der Waals surface area contributed by atoms with Gasteiger partial charge in [-0.3, -0.25) is 15.0 Å². The van der Waals surface area contributed by atoms with Crippen LogP contribution in [0.5, 0.6) is 0 Å². The molecule has 0 bridgehead atoms. The molecule has 0 atom stereocenters. The molecule has 1 aromatic heterocycles. The number of hydrogen-bond donors (Lipinski definition) is 1. The molecule has 0 spiro atoms. The van der Waals surface area contributed by atoms with Crippen LogP contribution in [0, 0.1) is 0 Å². The van der Waals surface area contributed by atoms with E-state index in [1.54, 1.807) is 17.3 Å². The van der Waals surface area contributed by atoms with Crippen molar-refractivity contribution in [3.8, 4) is 0 Å². The Morgan fingerprint density at radius 2 is 1.74 bits per heavy atom. The highest BCUT2D eigenvalue weighted by molar-refractivity contribution is 6.62. The molecule has 2 fully saturated rings. The molecule has 8 nitrogen and oxygen atoms in total. The number of rotatable bonds is 2. The number of aromatic nitrogens is 2. The molecule has 1 N–H and O–H groups in total. The molecule has 0 saturated carbocycles. The van der Waals surface area contributed by atoms with Crippen LogP contribution in [0.3, 0.4) is 0 Å². The quantitative estimate of drug-likeness (QED) is 0.805. The van der Waals surface area contributed by atoms with Gasteiger partial charge in [0.05, 0.1) is 29.3 Å². The highest BCUT2D eigenvalue weighted by Crippen LogP contribution is 2.37. The lowest BCUT2D eigenvalue weighted by molar-refractivity contribution is -0.120. The molecule has 0 radical (unpaired) electrons. The van der Waals surface area contributed by atoms with Crippen molar-refractivity contribution in [1.82, 2.24) is 15.5 Å². The third-order valence-electron chi connectivity index (χ3n) is 5.53. The molecule has 2 aromatic rings. The van der Waals surface area contributed by atoms with Crippen molar-refractivity contribution in [3.05, 3.63) is 24.5 Å². The Kier molecular flexibility index (Phi) is 3.97. The number of carbonyl (C=O) groups is 2. The fourth-order valence-electron chi connectivity index (χ4n) is 3.25. The Balaban J connectivity index is 1.80. The largest absolute Gasteiger partial charge is 0.494 e. The Bertz CT molecular complexity index is 930. The minimum absolute atomic E-state index is 0.243. The lowest BCUT2D eigenvalue weighted by atomic mass is 9.78. The van der Waals surface area contributed by atoms with Crippen molar-refractivity contribution in [2.45, 2.75) is 45.3 Å². The number of urea groups is 1. The van der Waals surface area contributed by atoms with Gasteiger partial charge in [-0.2, -0.15) is 10.2 Å². The van der Waals surface area contributed by atoms with Crippen LogP contribution < -0.4 is 15.7 Å². The summed E-state index contributed by atoms with van der Waals surface area (Å²) in [5.41, 5.74) is 0.488. The smallest absolute Gasteiger partial charge is 0.399 e. The summed E-state index contributed by atoms with van der Waals surface area (Å²) in [6, 6.07) is 3.35. The van der Waals surface area contributed by atoms with E-state index in [0.29, 0.717) is 12.2 Å². The van der Waals surface area contributed by atoms with Gasteiger partial charge in [0, 0.05) is 23.7 Å². The molecule has 2 saturated heterocycles. The van der Waals surface area contributed by atoms with Crippen molar-refractivity contribution in [2.75, 3.05) is 11.4 Å². The van der Waals surface area contributed by atoms with E-state index in [2.05, 4.69) is 15.5 Å². The predicted molar refractivity (Wildman–Crippen MR) is 101 cm³/mol. The molecule has 3 heterocycles. The van der Waals surface area contributed by atoms with Crippen LogP contribution in [-0.2, 0) is 14.1 Å². The number of fused-ring (bicyclic) bond motifs is 1. The summed E-state index contributed by atoms with van der Waals surface area (Å²) in [6.45, 7) is 8.26. The number of nitrogens with one attached hydrogen (secondary N) is 1. The molecular formula is C18H21BN4O4.